The van der Waals surface area contributed by atoms with Gasteiger partial charge in [-0.15, -0.1) is 0 Å². The predicted molar refractivity (Wildman–Crippen MR) is 82.4 cm³/mol. The Morgan fingerprint density at radius 3 is 2.10 bits per heavy atom. The van der Waals surface area contributed by atoms with Gasteiger partial charge >= 0.3 is 0 Å². The molecule has 0 spiro atoms. The number of halogens is 1. The fraction of sp³-hybridized carbons (Fsp3) is 0.769. The molecule has 7 heteroatoms. The third kappa shape index (κ3) is 3.93. The molecule has 1 aromatic rings. The van der Waals surface area contributed by atoms with Crippen LogP contribution in [0.25, 0.3) is 0 Å². The summed E-state index contributed by atoms with van der Waals surface area (Å²) in [7, 11) is 0. The van der Waals surface area contributed by atoms with Gasteiger partial charge in [0.25, 0.3) is 0 Å². The lowest BCUT2D eigenvalue weighted by atomic mass is 9.86. The van der Waals surface area contributed by atoms with Crippen LogP contribution in [-0.2, 0) is 0 Å². The highest BCUT2D eigenvalue weighted by atomic mass is 35.5. The molecule has 0 aliphatic rings. The van der Waals surface area contributed by atoms with Gasteiger partial charge in [0, 0.05) is 13.1 Å². The lowest BCUT2D eigenvalue weighted by Gasteiger charge is -2.38. The Morgan fingerprint density at radius 2 is 1.65 bits per heavy atom. The van der Waals surface area contributed by atoms with Gasteiger partial charge < -0.3 is 15.3 Å². The van der Waals surface area contributed by atoms with Crippen LogP contribution in [0.2, 0.25) is 5.28 Å². The first kappa shape index (κ1) is 16.9. The van der Waals surface area contributed by atoms with Crippen LogP contribution in [0.5, 0.6) is 0 Å². The summed E-state index contributed by atoms with van der Waals surface area (Å²) in [5.41, 5.74) is -1.56. The van der Waals surface area contributed by atoms with Gasteiger partial charge in [0.15, 0.2) is 0 Å². The molecular formula is C13H24ClN5O. The van der Waals surface area contributed by atoms with Crippen molar-refractivity contribution in [3.63, 3.8) is 0 Å². The third-order valence-corrected chi connectivity index (χ3v) is 3.77. The van der Waals surface area contributed by atoms with Gasteiger partial charge in [-0.1, -0.05) is 0 Å². The normalized spacial score (nSPS) is 12.4. The van der Waals surface area contributed by atoms with Gasteiger partial charge in [0.05, 0.1) is 11.1 Å². The molecule has 114 valence electrons. The van der Waals surface area contributed by atoms with Crippen molar-refractivity contribution in [1.29, 1.82) is 0 Å². The molecule has 6 nitrogen and oxygen atoms in total. The molecule has 0 bridgehead atoms. The quantitative estimate of drug-likeness (QED) is 0.840. The molecule has 0 amide bonds. The third-order valence-electron chi connectivity index (χ3n) is 3.60. The largest absolute Gasteiger partial charge is 0.388 e. The van der Waals surface area contributed by atoms with Crippen LogP contribution in [0.3, 0.4) is 0 Å². The first-order chi connectivity index (χ1) is 9.10. The first-order valence-corrected chi connectivity index (χ1v) is 7.15. The van der Waals surface area contributed by atoms with Crippen molar-refractivity contribution in [2.45, 2.75) is 52.7 Å². The van der Waals surface area contributed by atoms with Gasteiger partial charge in [-0.3, -0.25) is 0 Å². The summed E-state index contributed by atoms with van der Waals surface area (Å²) >= 11 is 5.96. The molecule has 0 saturated carbocycles. The Kier molecular flexibility index (Phi) is 5.15. The smallest absolute Gasteiger partial charge is 0.231 e. The highest BCUT2D eigenvalue weighted by Gasteiger charge is 2.35. The van der Waals surface area contributed by atoms with E-state index in [2.05, 4.69) is 20.3 Å². The summed E-state index contributed by atoms with van der Waals surface area (Å²) in [6.07, 6.45) is 0. The second-order valence-corrected chi connectivity index (χ2v) is 6.05. The van der Waals surface area contributed by atoms with E-state index in [1.54, 1.807) is 13.8 Å². The number of hydrogen-bond donors (Lipinski definition) is 2. The minimum atomic E-state index is -0.943. The minimum Gasteiger partial charge on any atom is -0.388 e. The monoisotopic (exact) mass is 301 g/mol. The van der Waals surface area contributed by atoms with Crippen molar-refractivity contribution in [2.24, 2.45) is 0 Å². The second-order valence-electron chi connectivity index (χ2n) is 5.71. The lowest BCUT2D eigenvalue weighted by molar-refractivity contribution is 0.0237. The van der Waals surface area contributed by atoms with Crippen molar-refractivity contribution in [1.82, 2.24) is 15.0 Å². The van der Waals surface area contributed by atoms with Crippen LogP contribution in [0.1, 0.15) is 41.5 Å². The first-order valence-electron chi connectivity index (χ1n) is 6.77. The van der Waals surface area contributed by atoms with Crippen LogP contribution in [-0.4, -0.2) is 44.3 Å². The molecule has 0 aromatic carbocycles. The van der Waals surface area contributed by atoms with Crippen molar-refractivity contribution in [3.8, 4) is 0 Å². The summed E-state index contributed by atoms with van der Waals surface area (Å²) < 4.78 is 0. The van der Waals surface area contributed by atoms with Crippen LogP contribution in [0, 0.1) is 0 Å². The molecule has 1 heterocycles. The predicted octanol–water partition coefficient (Wildman–Crippen LogP) is 2.33. The number of anilines is 2. The molecule has 0 saturated heterocycles. The summed E-state index contributed by atoms with van der Waals surface area (Å²) in [6.45, 7) is 12.8. The molecule has 0 radical (unpaired) electrons. The van der Waals surface area contributed by atoms with E-state index in [0.29, 0.717) is 11.9 Å². The molecular weight excluding hydrogens is 278 g/mol. The lowest BCUT2D eigenvalue weighted by Crippen LogP contribution is -2.51. The zero-order valence-corrected chi connectivity index (χ0v) is 13.8. The zero-order valence-electron chi connectivity index (χ0n) is 13.0. The molecule has 0 fully saturated rings. The van der Waals surface area contributed by atoms with E-state index in [-0.39, 0.29) is 5.28 Å². The number of nitrogens with one attached hydrogen (secondary N) is 1. The molecule has 1 rings (SSSR count). The maximum absolute atomic E-state index is 10.2. The van der Waals surface area contributed by atoms with Crippen LogP contribution < -0.4 is 10.2 Å². The number of nitrogens with zero attached hydrogens (tertiary/aromatic N) is 4. The van der Waals surface area contributed by atoms with Crippen molar-refractivity contribution >= 4 is 23.5 Å². The highest BCUT2D eigenvalue weighted by molar-refractivity contribution is 6.28. The SMILES string of the molecule is CCN(CC)c1nc(Cl)nc(NC(C)(C)C(C)(C)O)n1. The highest BCUT2D eigenvalue weighted by Crippen LogP contribution is 2.25. The van der Waals surface area contributed by atoms with E-state index in [0.717, 1.165) is 13.1 Å². The Morgan fingerprint density at radius 1 is 1.10 bits per heavy atom. The van der Waals surface area contributed by atoms with Gasteiger partial charge in [0.2, 0.25) is 17.2 Å². The van der Waals surface area contributed by atoms with E-state index in [1.165, 1.54) is 0 Å². The number of aromatic nitrogens is 3. The summed E-state index contributed by atoms with van der Waals surface area (Å²) in [6, 6.07) is 0. The molecule has 0 aliphatic heterocycles. The standard InChI is InChI=1S/C13H24ClN5O/c1-7-19(8-2)11-16-9(14)15-10(17-11)18-12(3,4)13(5,6)20/h20H,7-8H2,1-6H3,(H,15,16,17,18). The van der Waals surface area contributed by atoms with Crippen molar-refractivity contribution in [3.05, 3.63) is 5.28 Å². The molecule has 20 heavy (non-hydrogen) atoms. The van der Waals surface area contributed by atoms with E-state index >= 15 is 0 Å². The van der Waals surface area contributed by atoms with E-state index in [1.807, 2.05) is 32.6 Å². The van der Waals surface area contributed by atoms with Crippen molar-refractivity contribution in [2.75, 3.05) is 23.3 Å². The minimum absolute atomic E-state index is 0.135. The van der Waals surface area contributed by atoms with E-state index < -0.39 is 11.1 Å². The Hall–Kier alpha value is -1.14. The van der Waals surface area contributed by atoms with E-state index in [4.69, 9.17) is 11.6 Å². The number of rotatable bonds is 6. The number of aliphatic hydroxyl groups is 1. The van der Waals surface area contributed by atoms with Gasteiger partial charge in [-0.05, 0) is 53.1 Å². The molecule has 0 unspecified atom stereocenters. The fourth-order valence-corrected chi connectivity index (χ4v) is 1.63. The van der Waals surface area contributed by atoms with Gasteiger partial charge in [0.1, 0.15) is 0 Å². The second kappa shape index (κ2) is 6.10. The maximum atomic E-state index is 10.2. The summed E-state index contributed by atoms with van der Waals surface area (Å²) in [5.74, 6) is 0.892. The zero-order chi connectivity index (χ0) is 15.6. The number of hydrogen-bond acceptors (Lipinski definition) is 6. The molecule has 1 aromatic heterocycles. The summed E-state index contributed by atoms with van der Waals surface area (Å²) in [5, 5.41) is 13.4. The summed E-state index contributed by atoms with van der Waals surface area (Å²) in [4.78, 5) is 14.6. The Labute approximate surface area is 125 Å². The molecule has 2 N–H and O–H groups in total. The average molecular weight is 302 g/mol. The topological polar surface area (TPSA) is 74.2 Å². The van der Waals surface area contributed by atoms with Crippen molar-refractivity contribution < 1.29 is 5.11 Å². The van der Waals surface area contributed by atoms with Gasteiger partial charge in [-0.25, -0.2) is 0 Å². The fourth-order valence-electron chi connectivity index (χ4n) is 1.48. The van der Waals surface area contributed by atoms with Crippen LogP contribution >= 0.6 is 11.6 Å². The maximum Gasteiger partial charge on any atom is 0.231 e. The molecule has 0 aliphatic carbocycles. The van der Waals surface area contributed by atoms with E-state index in [9.17, 15) is 5.11 Å². The van der Waals surface area contributed by atoms with Crippen LogP contribution in [0.4, 0.5) is 11.9 Å². The van der Waals surface area contributed by atoms with Gasteiger partial charge in [-0.2, -0.15) is 15.0 Å². The Bertz CT molecular complexity index is 455. The Balaban J connectivity index is 3.08. The van der Waals surface area contributed by atoms with Crippen LogP contribution in [0.15, 0.2) is 0 Å². The average Bonchev–Trinajstić information content (AvgIpc) is 2.27. The molecule has 0 atom stereocenters.